The Morgan fingerprint density at radius 1 is 1.55 bits per heavy atom. The first-order chi connectivity index (χ1) is 5.33. The van der Waals surface area contributed by atoms with Crippen LogP contribution in [0.2, 0.25) is 0 Å². The Morgan fingerprint density at radius 2 is 2.36 bits per heavy atom. The van der Waals surface area contributed by atoms with Gasteiger partial charge in [-0.1, -0.05) is 6.92 Å². The molecule has 2 N–H and O–H groups in total. The van der Waals surface area contributed by atoms with E-state index in [0.717, 1.165) is 6.42 Å². The first kappa shape index (κ1) is 7.78. The van der Waals surface area contributed by atoms with Gasteiger partial charge in [-0.25, -0.2) is 9.97 Å². The van der Waals surface area contributed by atoms with Crippen LogP contribution in [0.5, 0.6) is 5.88 Å². The quantitative estimate of drug-likeness (QED) is 0.699. The van der Waals surface area contributed by atoms with Gasteiger partial charge in [0.25, 0.3) is 0 Å². The SMILES string of the molecule is CCCOc1cc(N)ncn1. The van der Waals surface area contributed by atoms with Gasteiger partial charge in [-0.15, -0.1) is 0 Å². The molecular formula is C7H11N3O. The molecule has 0 aliphatic heterocycles. The van der Waals surface area contributed by atoms with E-state index >= 15 is 0 Å². The third-order valence-electron chi connectivity index (χ3n) is 1.12. The molecular weight excluding hydrogens is 142 g/mol. The molecule has 1 aromatic heterocycles. The highest BCUT2D eigenvalue weighted by atomic mass is 16.5. The van der Waals surface area contributed by atoms with Gasteiger partial charge < -0.3 is 10.5 Å². The number of nitrogens with two attached hydrogens (primary N) is 1. The van der Waals surface area contributed by atoms with Gasteiger partial charge in [-0.3, -0.25) is 0 Å². The normalized spacial score (nSPS) is 9.55. The largest absolute Gasteiger partial charge is 0.478 e. The summed E-state index contributed by atoms with van der Waals surface area (Å²) in [6.45, 7) is 2.70. The molecule has 0 saturated carbocycles. The lowest BCUT2D eigenvalue weighted by Gasteiger charge is -2.01. The number of nitrogens with zero attached hydrogens (tertiary/aromatic N) is 2. The van der Waals surface area contributed by atoms with Gasteiger partial charge in [-0.2, -0.15) is 0 Å². The second kappa shape index (κ2) is 3.75. The van der Waals surface area contributed by atoms with Crippen LogP contribution in [0.1, 0.15) is 13.3 Å². The third kappa shape index (κ3) is 2.41. The van der Waals surface area contributed by atoms with Crippen molar-refractivity contribution in [3.63, 3.8) is 0 Å². The summed E-state index contributed by atoms with van der Waals surface area (Å²) in [5.74, 6) is 0.977. The van der Waals surface area contributed by atoms with Crippen LogP contribution in [0.25, 0.3) is 0 Å². The second-order valence-corrected chi connectivity index (χ2v) is 2.13. The molecule has 11 heavy (non-hydrogen) atoms. The molecule has 1 aromatic rings. The third-order valence-corrected chi connectivity index (χ3v) is 1.12. The average molecular weight is 153 g/mol. The van der Waals surface area contributed by atoms with Crippen LogP contribution in [0.3, 0.4) is 0 Å². The number of hydrogen-bond acceptors (Lipinski definition) is 4. The maximum absolute atomic E-state index is 5.40. The Balaban J connectivity index is 2.56. The summed E-state index contributed by atoms with van der Waals surface area (Å²) in [7, 11) is 0. The molecule has 0 radical (unpaired) electrons. The first-order valence-corrected chi connectivity index (χ1v) is 3.53. The monoisotopic (exact) mass is 153 g/mol. The summed E-state index contributed by atoms with van der Waals surface area (Å²) in [6, 6.07) is 1.61. The predicted molar refractivity (Wildman–Crippen MR) is 42.2 cm³/mol. The minimum Gasteiger partial charge on any atom is -0.478 e. The lowest BCUT2D eigenvalue weighted by atomic mass is 10.5. The summed E-state index contributed by atoms with van der Waals surface area (Å²) < 4.78 is 5.20. The highest BCUT2D eigenvalue weighted by Crippen LogP contribution is 2.07. The zero-order valence-corrected chi connectivity index (χ0v) is 6.45. The van der Waals surface area contributed by atoms with Crippen LogP contribution in [0.15, 0.2) is 12.4 Å². The van der Waals surface area contributed by atoms with Gasteiger partial charge in [0.1, 0.15) is 12.1 Å². The maximum Gasteiger partial charge on any atom is 0.218 e. The maximum atomic E-state index is 5.40. The zero-order valence-electron chi connectivity index (χ0n) is 6.45. The molecule has 0 aromatic carbocycles. The van der Waals surface area contributed by atoms with E-state index in [4.69, 9.17) is 10.5 Å². The van der Waals surface area contributed by atoms with Crippen molar-refractivity contribution in [1.82, 2.24) is 9.97 Å². The Kier molecular flexibility index (Phi) is 2.66. The molecule has 4 heteroatoms. The van der Waals surface area contributed by atoms with Crippen LogP contribution in [-0.2, 0) is 0 Å². The number of nitrogen functional groups attached to an aromatic ring is 1. The van der Waals surface area contributed by atoms with Crippen molar-refractivity contribution in [2.75, 3.05) is 12.3 Å². The Hall–Kier alpha value is -1.32. The van der Waals surface area contributed by atoms with Gasteiger partial charge in [0, 0.05) is 6.07 Å². The number of aromatic nitrogens is 2. The molecule has 4 nitrogen and oxygen atoms in total. The average Bonchev–Trinajstić information content (AvgIpc) is 2.01. The number of ether oxygens (including phenoxy) is 1. The van der Waals surface area contributed by atoms with Crippen molar-refractivity contribution in [3.8, 4) is 5.88 Å². The highest BCUT2D eigenvalue weighted by Gasteiger charge is 1.93. The van der Waals surface area contributed by atoms with E-state index in [0.29, 0.717) is 18.3 Å². The van der Waals surface area contributed by atoms with Crippen LogP contribution >= 0.6 is 0 Å². The molecule has 0 bridgehead atoms. The van der Waals surface area contributed by atoms with Gasteiger partial charge in [-0.05, 0) is 6.42 Å². The van der Waals surface area contributed by atoms with E-state index in [1.807, 2.05) is 6.92 Å². The Labute approximate surface area is 65.4 Å². The molecule has 60 valence electrons. The summed E-state index contributed by atoms with van der Waals surface area (Å²) in [5.41, 5.74) is 5.40. The van der Waals surface area contributed by atoms with Crippen molar-refractivity contribution in [2.45, 2.75) is 13.3 Å². The molecule has 1 rings (SSSR count). The van der Waals surface area contributed by atoms with Gasteiger partial charge >= 0.3 is 0 Å². The zero-order chi connectivity index (χ0) is 8.10. The van der Waals surface area contributed by atoms with Crippen molar-refractivity contribution in [3.05, 3.63) is 12.4 Å². The summed E-state index contributed by atoms with van der Waals surface area (Å²) in [4.78, 5) is 7.60. The highest BCUT2D eigenvalue weighted by molar-refractivity contribution is 5.30. The standard InChI is InChI=1S/C7H11N3O/c1-2-3-11-7-4-6(8)9-5-10-7/h4-5H,2-3H2,1H3,(H2,8,9,10). The van der Waals surface area contributed by atoms with Gasteiger partial charge in [0.15, 0.2) is 0 Å². The van der Waals surface area contributed by atoms with Crippen LogP contribution < -0.4 is 10.5 Å². The van der Waals surface area contributed by atoms with E-state index in [1.165, 1.54) is 6.33 Å². The van der Waals surface area contributed by atoms with E-state index in [1.54, 1.807) is 6.07 Å². The van der Waals surface area contributed by atoms with Crippen molar-refractivity contribution >= 4 is 5.82 Å². The smallest absolute Gasteiger partial charge is 0.218 e. The lowest BCUT2D eigenvalue weighted by molar-refractivity contribution is 0.305. The van der Waals surface area contributed by atoms with Gasteiger partial charge in [0.05, 0.1) is 6.61 Å². The van der Waals surface area contributed by atoms with Crippen LogP contribution in [0, 0.1) is 0 Å². The molecule has 1 heterocycles. The van der Waals surface area contributed by atoms with E-state index in [-0.39, 0.29) is 0 Å². The molecule has 0 aliphatic rings. The number of hydrogen-bond donors (Lipinski definition) is 1. The van der Waals surface area contributed by atoms with E-state index in [2.05, 4.69) is 9.97 Å². The molecule has 0 amide bonds. The van der Waals surface area contributed by atoms with Crippen molar-refractivity contribution < 1.29 is 4.74 Å². The summed E-state index contributed by atoms with van der Waals surface area (Å²) >= 11 is 0. The van der Waals surface area contributed by atoms with Crippen LogP contribution in [0.4, 0.5) is 5.82 Å². The summed E-state index contributed by atoms with van der Waals surface area (Å²) in [6.07, 6.45) is 2.35. The fraction of sp³-hybridized carbons (Fsp3) is 0.429. The fourth-order valence-corrected chi connectivity index (χ4v) is 0.639. The molecule has 0 aliphatic carbocycles. The topological polar surface area (TPSA) is 61.0 Å². The van der Waals surface area contributed by atoms with E-state index in [9.17, 15) is 0 Å². The first-order valence-electron chi connectivity index (χ1n) is 3.53. The molecule has 0 spiro atoms. The minimum absolute atomic E-state index is 0.436. The minimum atomic E-state index is 0.436. The fourth-order valence-electron chi connectivity index (χ4n) is 0.639. The molecule has 0 unspecified atom stereocenters. The molecule has 0 fully saturated rings. The Bertz CT molecular complexity index is 227. The van der Waals surface area contributed by atoms with Gasteiger partial charge in [0.2, 0.25) is 5.88 Å². The number of rotatable bonds is 3. The van der Waals surface area contributed by atoms with Crippen LogP contribution in [-0.4, -0.2) is 16.6 Å². The Morgan fingerprint density at radius 3 is 3.00 bits per heavy atom. The number of anilines is 1. The summed E-state index contributed by atoms with van der Waals surface area (Å²) in [5, 5.41) is 0. The van der Waals surface area contributed by atoms with E-state index < -0.39 is 0 Å². The second-order valence-electron chi connectivity index (χ2n) is 2.13. The lowest BCUT2D eigenvalue weighted by Crippen LogP contribution is -1.99. The van der Waals surface area contributed by atoms with Crippen molar-refractivity contribution in [1.29, 1.82) is 0 Å². The molecule has 0 saturated heterocycles. The molecule has 0 atom stereocenters. The van der Waals surface area contributed by atoms with Crippen molar-refractivity contribution in [2.24, 2.45) is 0 Å². The predicted octanol–water partition coefficient (Wildman–Crippen LogP) is 0.848.